The van der Waals surface area contributed by atoms with Crippen molar-refractivity contribution in [1.82, 2.24) is 5.32 Å². The summed E-state index contributed by atoms with van der Waals surface area (Å²) in [4.78, 5) is 23.2. The van der Waals surface area contributed by atoms with Crippen LogP contribution in [0.4, 0.5) is 0 Å². The van der Waals surface area contributed by atoms with Crippen molar-refractivity contribution in [3.05, 3.63) is 23.8 Å². The molecule has 7 heteroatoms. The van der Waals surface area contributed by atoms with Crippen LogP contribution in [-0.2, 0) is 20.7 Å². The molecule has 0 saturated carbocycles. The van der Waals surface area contributed by atoms with Gasteiger partial charge >= 0.3 is 5.97 Å². The van der Waals surface area contributed by atoms with Gasteiger partial charge in [0.15, 0.2) is 18.1 Å². The number of ether oxygens (including phenoxy) is 3. The third kappa shape index (κ3) is 5.09. The van der Waals surface area contributed by atoms with E-state index in [2.05, 4.69) is 5.32 Å². The molecule has 0 saturated heterocycles. The molecule has 2 N–H and O–H groups in total. The molecule has 0 aromatic heterocycles. The highest BCUT2D eigenvalue weighted by Gasteiger charge is 2.33. The number of hydrogen-bond acceptors (Lipinski definition) is 5. The second-order valence-electron chi connectivity index (χ2n) is 7.18. The Morgan fingerprint density at radius 3 is 2.76 bits per heavy atom. The molecule has 0 radical (unpaired) electrons. The standard InChI is InChI=1S/C18H25NO6/c1-17(2)8-12-6-5-7-13(16(12)25-17)24-10-14(20)19-18(3,11-23-4)9-15(21)22/h5-7H,8-11H2,1-4H3,(H,19,20)(H,21,22). The minimum Gasteiger partial charge on any atom is -0.483 e. The summed E-state index contributed by atoms with van der Waals surface area (Å²) in [6, 6.07) is 5.58. The number of nitrogens with one attached hydrogen (secondary N) is 1. The number of carboxylic acids is 1. The maximum absolute atomic E-state index is 12.2. The maximum atomic E-state index is 12.2. The van der Waals surface area contributed by atoms with Crippen molar-refractivity contribution >= 4 is 11.9 Å². The minimum atomic E-state index is -1.02. The van der Waals surface area contributed by atoms with E-state index in [1.807, 2.05) is 26.0 Å². The first-order chi connectivity index (χ1) is 11.6. The van der Waals surface area contributed by atoms with E-state index in [1.165, 1.54) is 7.11 Å². The lowest BCUT2D eigenvalue weighted by Gasteiger charge is -2.28. The molecule has 0 spiro atoms. The molecule has 7 nitrogen and oxygen atoms in total. The minimum absolute atomic E-state index is 0.0864. The number of para-hydroxylation sites is 1. The van der Waals surface area contributed by atoms with Crippen molar-refractivity contribution < 1.29 is 28.9 Å². The summed E-state index contributed by atoms with van der Waals surface area (Å²) in [5, 5.41) is 11.7. The summed E-state index contributed by atoms with van der Waals surface area (Å²) in [7, 11) is 1.45. The van der Waals surface area contributed by atoms with Gasteiger partial charge in [0.1, 0.15) is 5.60 Å². The van der Waals surface area contributed by atoms with Gasteiger partial charge in [-0.25, -0.2) is 0 Å². The van der Waals surface area contributed by atoms with E-state index in [0.717, 1.165) is 12.0 Å². The van der Waals surface area contributed by atoms with Gasteiger partial charge in [0.2, 0.25) is 0 Å². The molecule has 1 heterocycles. The van der Waals surface area contributed by atoms with Crippen molar-refractivity contribution in [2.75, 3.05) is 20.3 Å². The smallest absolute Gasteiger partial charge is 0.305 e. The van der Waals surface area contributed by atoms with Crippen molar-refractivity contribution in [1.29, 1.82) is 0 Å². The van der Waals surface area contributed by atoms with Crippen molar-refractivity contribution in [3.8, 4) is 11.5 Å². The Balaban J connectivity index is 1.99. The Labute approximate surface area is 147 Å². The third-order valence-electron chi connectivity index (χ3n) is 3.86. The van der Waals surface area contributed by atoms with Crippen molar-refractivity contribution in [2.45, 2.75) is 44.8 Å². The predicted molar refractivity (Wildman–Crippen MR) is 91.0 cm³/mol. The molecule has 1 aliphatic heterocycles. The van der Waals surface area contributed by atoms with Gasteiger partial charge in [-0.05, 0) is 26.8 Å². The highest BCUT2D eigenvalue weighted by atomic mass is 16.5. The second kappa shape index (κ2) is 7.31. The maximum Gasteiger partial charge on any atom is 0.305 e. The van der Waals surface area contributed by atoms with Gasteiger partial charge in [0, 0.05) is 19.1 Å². The molecule has 1 aliphatic rings. The van der Waals surface area contributed by atoms with Crippen molar-refractivity contribution in [3.63, 3.8) is 0 Å². The van der Waals surface area contributed by atoms with Crippen LogP contribution >= 0.6 is 0 Å². The highest BCUT2D eigenvalue weighted by Crippen LogP contribution is 2.41. The van der Waals surface area contributed by atoms with Crippen LogP contribution in [0, 0.1) is 0 Å². The SMILES string of the molecule is COCC(C)(CC(=O)O)NC(=O)COc1cccc2c1OC(C)(C)C2. The zero-order valence-electron chi connectivity index (χ0n) is 15.0. The number of rotatable bonds is 8. The quantitative estimate of drug-likeness (QED) is 0.741. The van der Waals surface area contributed by atoms with Gasteiger partial charge in [0.05, 0.1) is 18.6 Å². The first kappa shape index (κ1) is 19.1. The summed E-state index contributed by atoms with van der Waals surface area (Å²) in [6.45, 7) is 5.45. The topological polar surface area (TPSA) is 94.1 Å². The van der Waals surface area contributed by atoms with Crippen LogP contribution in [0.5, 0.6) is 11.5 Å². The molecular weight excluding hydrogens is 326 g/mol. The molecule has 0 bridgehead atoms. The first-order valence-corrected chi connectivity index (χ1v) is 8.10. The van der Waals surface area contributed by atoms with Gasteiger partial charge in [-0.3, -0.25) is 9.59 Å². The lowest BCUT2D eigenvalue weighted by molar-refractivity contribution is -0.139. The lowest BCUT2D eigenvalue weighted by atomic mass is 9.99. The van der Waals surface area contributed by atoms with Crippen LogP contribution in [0.3, 0.4) is 0 Å². The lowest BCUT2D eigenvalue weighted by Crippen LogP contribution is -2.52. The summed E-state index contributed by atoms with van der Waals surface area (Å²) in [5.41, 5.74) is -0.265. The number of methoxy groups -OCH3 is 1. The van der Waals surface area contributed by atoms with Crippen LogP contribution in [0.2, 0.25) is 0 Å². The zero-order valence-corrected chi connectivity index (χ0v) is 15.0. The molecule has 138 valence electrons. The number of carboxylic acid groups (broad SMARTS) is 1. The largest absolute Gasteiger partial charge is 0.483 e. The average molecular weight is 351 g/mol. The number of benzene rings is 1. The predicted octanol–water partition coefficient (Wildman–Crippen LogP) is 1.77. The summed E-state index contributed by atoms with van der Waals surface area (Å²) in [6.07, 6.45) is 0.529. The molecule has 1 amide bonds. The Bertz CT molecular complexity index is 657. The molecular formula is C18H25NO6. The molecule has 1 aromatic rings. The molecule has 1 aromatic carbocycles. The first-order valence-electron chi connectivity index (χ1n) is 8.10. The van der Waals surface area contributed by atoms with E-state index in [0.29, 0.717) is 11.5 Å². The van der Waals surface area contributed by atoms with Crippen LogP contribution < -0.4 is 14.8 Å². The Kier molecular flexibility index (Phi) is 5.57. The van der Waals surface area contributed by atoms with Gasteiger partial charge in [-0.2, -0.15) is 0 Å². The Morgan fingerprint density at radius 2 is 2.12 bits per heavy atom. The van der Waals surface area contributed by atoms with Crippen molar-refractivity contribution in [2.24, 2.45) is 0 Å². The number of carbonyl (C=O) groups excluding carboxylic acids is 1. The molecule has 25 heavy (non-hydrogen) atoms. The third-order valence-corrected chi connectivity index (χ3v) is 3.86. The number of aliphatic carboxylic acids is 1. The van der Waals surface area contributed by atoms with E-state index in [9.17, 15) is 9.59 Å². The van der Waals surface area contributed by atoms with Crippen LogP contribution in [-0.4, -0.2) is 48.4 Å². The van der Waals surface area contributed by atoms with Crippen LogP contribution in [0.1, 0.15) is 32.8 Å². The zero-order chi connectivity index (χ0) is 18.7. The fraction of sp³-hybridized carbons (Fsp3) is 0.556. The van der Waals surface area contributed by atoms with E-state index in [-0.39, 0.29) is 25.2 Å². The second-order valence-corrected chi connectivity index (χ2v) is 7.18. The fourth-order valence-corrected chi connectivity index (χ4v) is 3.00. The van der Waals surface area contributed by atoms with E-state index >= 15 is 0 Å². The van der Waals surface area contributed by atoms with Gasteiger partial charge < -0.3 is 24.6 Å². The Hall–Kier alpha value is -2.28. The average Bonchev–Trinajstić information content (AvgIpc) is 2.78. The number of hydrogen-bond donors (Lipinski definition) is 2. The van der Waals surface area contributed by atoms with Gasteiger partial charge in [0.25, 0.3) is 5.91 Å². The van der Waals surface area contributed by atoms with Crippen LogP contribution in [0.15, 0.2) is 18.2 Å². The molecule has 1 unspecified atom stereocenters. The molecule has 0 fully saturated rings. The van der Waals surface area contributed by atoms with Gasteiger partial charge in [-0.1, -0.05) is 12.1 Å². The summed E-state index contributed by atoms with van der Waals surface area (Å²) < 4.78 is 16.5. The molecule has 0 aliphatic carbocycles. The monoisotopic (exact) mass is 351 g/mol. The number of fused-ring (bicyclic) bond motifs is 1. The number of amides is 1. The van der Waals surface area contributed by atoms with Crippen LogP contribution in [0.25, 0.3) is 0 Å². The molecule has 1 atom stereocenters. The van der Waals surface area contributed by atoms with Gasteiger partial charge in [-0.15, -0.1) is 0 Å². The Morgan fingerprint density at radius 1 is 1.40 bits per heavy atom. The van der Waals surface area contributed by atoms with E-state index in [1.54, 1.807) is 13.0 Å². The number of carbonyl (C=O) groups is 2. The summed E-state index contributed by atoms with van der Waals surface area (Å²) >= 11 is 0. The highest BCUT2D eigenvalue weighted by molar-refractivity contribution is 5.79. The van der Waals surface area contributed by atoms with E-state index in [4.69, 9.17) is 19.3 Å². The van der Waals surface area contributed by atoms with E-state index < -0.39 is 17.4 Å². The normalized spacial score (nSPS) is 17.1. The summed E-state index contributed by atoms with van der Waals surface area (Å²) in [5.74, 6) is -0.275. The molecule has 2 rings (SSSR count). The fourth-order valence-electron chi connectivity index (χ4n) is 3.00.